The van der Waals surface area contributed by atoms with Crippen LogP contribution in [0.3, 0.4) is 0 Å². The van der Waals surface area contributed by atoms with Crippen LogP contribution in [-0.2, 0) is 7.05 Å². The van der Waals surface area contributed by atoms with Gasteiger partial charge >= 0.3 is 0 Å². The average Bonchev–Trinajstić information content (AvgIpc) is 2.41. The smallest absolute Gasteiger partial charge is 0.0675 e. The Labute approximate surface area is 97.3 Å². The fraction of sp³-hybridized carbons (Fsp3) is 0.273. The summed E-state index contributed by atoms with van der Waals surface area (Å²) in [5.41, 5.74) is 4.47. The van der Waals surface area contributed by atoms with Crippen LogP contribution in [-0.4, -0.2) is 14.8 Å². The molecular formula is C11H12BrN3. The Morgan fingerprint density at radius 2 is 2.00 bits per heavy atom. The summed E-state index contributed by atoms with van der Waals surface area (Å²) in [6.45, 7) is 4.08. The third-order valence-electron chi connectivity index (χ3n) is 2.50. The van der Waals surface area contributed by atoms with E-state index in [2.05, 4.69) is 39.0 Å². The fourth-order valence-electron chi connectivity index (χ4n) is 1.74. The zero-order valence-corrected chi connectivity index (χ0v) is 10.5. The van der Waals surface area contributed by atoms with Crippen LogP contribution in [0.4, 0.5) is 0 Å². The van der Waals surface area contributed by atoms with Gasteiger partial charge in [0.2, 0.25) is 0 Å². The van der Waals surface area contributed by atoms with Gasteiger partial charge in [-0.15, -0.1) is 0 Å². The topological polar surface area (TPSA) is 30.7 Å². The fourth-order valence-corrected chi connectivity index (χ4v) is 2.10. The largest absolute Gasteiger partial charge is 0.272 e. The highest BCUT2D eigenvalue weighted by Crippen LogP contribution is 2.27. The maximum absolute atomic E-state index is 4.39. The third-order valence-corrected chi connectivity index (χ3v) is 2.94. The second-order valence-electron chi connectivity index (χ2n) is 3.56. The van der Waals surface area contributed by atoms with E-state index in [1.807, 2.05) is 24.9 Å². The first kappa shape index (κ1) is 10.4. The quantitative estimate of drug-likeness (QED) is 0.794. The number of hydrogen-bond donors (Lipinski definition) is 0. The second kappa shape index (κ2) is 3.77. The summed E-state index contributed by atoms with van der Waals surface area (Å²) in [7, 11) is 1.96. The second-order valence-corrected chi connectivity index (χ2v) is 4.48. The van der Waals surface area contributed by atoms with Crippen molar-refractivity contribution >= 4 is 15.9 Å². The Kier molecular flexibility index (Phi) is 2.61. The van der Waals surface area contributed by atoms with E-state index in [0.29, 0.717) is 0 Å². The minimum absolute atomic E-state index is 0.989. The van der Waals surface area contributed by atoms with Gasteiger partial charge in [0.05, 0.1) is 5.69 Å². The molecule has 2 aromatic rings. The van der Waals surface area contributed by atoms with E-state index < -0.39 is 0 Å². The highest BCUT2D eigenvalue weighted by atomic mass is 79.9. The van der Waals surface area contributed by atoms with Crippen molar-refractivity contribution in [3.05, 3.63) is 34.3 Å². The molecule has 78 valence electrons. The Hall–Kier alpha value is -1.16. The summed E-state index contributed by atoms with van der Waals surface area (Å²) in [6, 6.07) is 2.06. The monoisotopic (exact) mass is 265 g/mol. The van der Waals surface area contributed by atoms with Crippen molar-refractivity contribution < 1.29 is 0 Å². The number of aryl methyl sites for hydroxylation is 2. The number of hydrogen-bond acceptors (Lipinski definition) is 2. The predicted octanol–water partition coefficient (Wildman–Crippen LogP) is 2.86. The first-order valence-electron chi connectivity index (χ1n) is 4.70. The lowest BCUT2D eigenvalue weighted by Crippen LogP contribution is -1.92. The summed E-state index contributed by atoms with van der Waals surface area (Å²) >= 11 is 3.43. The Morgan fingerprint density at radius 3 is 2.53 bits per heavy atom. The highest BCUT2D eigenvalue weighted by Gasteiger charge is 2.11. The van der Waals surface area contributed by atoms with E-state index in [9.17, 15) is 0 Å². The standard InChI is InChI=1S/C11H12BrN3/c1-7-11(8(2)15(3)14-7)9-4-10(12)6-13-5-9/h4-6H,1-3H3. The van der Waals surface area contributed by atoms with Crippen molar-refractivity contribution in [1.82, 2.24) is 14.8 Å². The molecule has 2 aromatic heterocycles. The lowest BCUT2D eigenvalue weighted by atomic mass is 10.1. The summed E-state index contributed by atoms with van der Waals surface area (Å²) in [4.78, 5) is 4.17. The van der Waals surface area contributed by atoms with Crippen LogP contribution in [0.15, 0.2) is 22.9 Å². The van der Waals surface area contributed by atoms with Crippen LogP contribution in [0, 0.1) is 13.8 Å². The Balaban J connectivity index is 2.63. The highest BCUT2D eigenvalue weighted by molar-refractivity contribution is 9.10. The van der Waals surface area contributed by atoms with Crippen molar-refractivity contribution in [3.63, 3.8) is 0 Å². The maximum Gasteiger partial charge on any atom is 0.0675 e. The summed E-state index contributed by atoms with van der Waals surface area (Å²) in [5, 5.41) is 4.39. The minimum Gasteiger partial charge on any atom is -0.272 e. The van der Waals surface area contributed by atoms with Crippen molar-refractivity contribution in [3.8, 4) is 11.1 Å². The molecule has 0 spiro atoms. The molecule has 0 fully saturated rings. The number of halogens is 1. The van der Waals surface area contributed by atoms with Crippen molar-refractivity contribution in [1.29, 1.82) is 0 Å². The Morgan fingerprint density at radius 1 is 1.27 bits per heavy atom. The molecule has 15 heavy (non-hydrogen) atoms. The molecule has 0 aliphatic carbocycles. The van der Waals surface area contributed by atoms with E-state index in [-0.39, 0.29) is 0 Å². The van der Waals surface area contributed by atoms with Gasteiger partial charge in [0.15, 0.2) is 0 Å². The van der Waals surface area contributed by atoms with Gasteiger partial charge in [-0.05, 0) is 35.8 Å². The van der Waals surface area contributed by atoms with Gasteiger partial charge in [-0.2, -0.15) is 5.10 Å². The van der Waals surface area contributed by atoms with Crippen LogP contribution in [0.25, 0.3) is 11.1 Å². The van der Waals surface area contributed by atoms with Gasteiger partial charge in [0.25, 0.3) is 0 Å². The number of pyridine rings is 1. The van der Waals surface area contributed by atoms with Gasteiger partial charge < -0.3 is 0 Å². The van der Waals surface area contributed by atoms with E-state index in [0.717, 1.165) is 21.4 Å². The molecule has 0 aliphatic heterocycles. The Bertz CT molecular complexity index is 503. The zero-order chi connectivity index (χ0) is 11.0. The molecule has 0 bridgehead atoms. The summed E-state index contributed by atoms with van der Waals surface area (Å²) in [5.74, 6) is 0. The normalized spacial score (nSPS) is 10.7. The molecule has 0 radical (unpaired) electrons. The first-order valence-corrected chi connectivity index (χ1v) is 5.50. The lowest BCUT2D eigenvalue weighted by Gasteiger charge is -2.02. The molecule has 0 aliphatic rings. The van der Waals surface area contributed by atoms with E-state index in [4.69, 9.17) is 0 Å². The molecule has 3 nitrogen and oxygen atoms in total. The maximum atomic E-state index is 4.39. The van der Waals surface area contributed by atoms with Crippen molar-refractivity contribution in [2.45, 2.75) is 13.8 Å². The van der Waals surface area contributed by atoms with Crippen molar-refractivity contribution in [2.75, 3.05) is 0 Å². The van der Waals surface area contributed by atoms with Gasteiger partial charge in [0, 0.05) is 40.7 Å². The molecule has 0 aromatic carbocycles. The zero-order valence-electron chi connectivity index (χ0n) is 8.95. The lowest BCUT2D eigenvalue weighted by molar-refractivity contribution is 0.731. The number of aromatic nitrogens is 3. The molecule has 2 rings (SSSR count). The van der Waals surface area contributed by atoms with Gasteiger partial charge in [-0.25, -0.2) is 0 Å². The molecule has 0 amide bonds. The molecule has 2 heterocycles. The molecule has 0 saturated heterocycles. The molecule has 0 unspecified atom stereocenters. The number of nitrogens with zero attached hydrogens (tertiary/aromatic N) is 3. The van der Waals surface area contributed by atoms with Gasteiger partial charge in [-0.1, -0.05) is 0 Å². The van der Waals surface area contributed by atoms with Crippen LogP contribution < -0.4 is 0 Å². The van der Waals surface area contributed by atoms with Crippen LogP contribution in [0.1, 0.15) is 11.4 Å². The average molecular weight is 266 g/mol. The predicted molar refractivity (Wildman–Crippen MR) is 63.6 cm³/mol. The molecule has 4 heteroatoms. The minimum atomic E-state index is 0.989. The SMILES string of the molecule is Cc1nn(C)c(C)c1-c1cncc(Br)c1. The third kappa shape index (κ3) is 1.81. The molecular weight excluding hydrogens is 254 g/mol. The first-order chi connectivity index (χ1) is 7.09. The summed E-state index contributed by atoms with van der Waals surface area (Å²) in [6.07, 6.45) is 3.65. The van der Waals surface area contributed by atoms with E-state index in [1.54, 1.807) is 6.20 Å². The van der Waals surface area contributed by atoms with Crippen molar-refractivity contribution in [2.24, 2.45) is 7.05 Å². The van der Waals surface area contributed by atoms with E-state index in [1.165, 1.54) is 5.56 Å². The van der Waals surface area contributed by atoms with Crippen LogP contribution >= 0.6 is 15.9 Å². The molecule has 0 saturated carbocycles. The number of rotatable bonds is 1. The van der Waals surface area contributed by atoms with Crippen LogP contribution in [0.2, 0.25) is 0 Å². The summed E-state index contributed by atoms with van der Waals surface area (Å²) < 4.78 is 2.88. The molecule has 0 atom stereocenters. The molecule has 0 N–H and O–H groups in total. The van der Waals surface area contributed by atoms with E-state index >= 15 is 0 Å². The van der Waals surface area contributed by atoms with Crippen LogP contribution in [0.5, 0.6) is 0 Å². The van der Waals surface area contributed by atoms with Gasteiger partial charge in [-0.3, -0.25) is 9.67 Å². The van der Waals surface area contributed by atoms with Gasteiger partial charge in [0.1, 0.15) is 0 Å².